The van der Waals surface area contributed by atoms with Gasteiger partial charge in [0.2, 0.25) is 0 Å². The van der Waals surface area contributed by atoms with Crippen LogP contribution in [0, 0.1) is 0 Å². The van der Waals surface area contributed by atoms with Crippen LogP contribution >= 0.6 is 0 Å². The third-order valence-electron chi connectivity index (χ3n) is 24.4. The average molecular weight is 1580 g/mol. The van der Waals surface area contributed by atoms with Crippen molar-refractivity contribution >= 4 is 79.0 Å². The molecule has 0 radical (unpaired) electrons. The summed E-state index contributed by atoms with van der Waals surface area (Å²) in [5.41, 5.74) is 35.4. The highest BCUT2D eigenvalue weighted by atomic mass is 15.2. The molecule has 3 aromatic heterocycles. The molecule has 0 atom stereocenters. The molecule has 578 valence electrons. The first-order valence-electron chi connectivity index (χ1n) is 42.2. The molecule has 2 aliphatic rings. The molecule has 23 rings (SSSR count). The third-order valence-corrected chi connectivity index (χ3v) is 24.4. The van der Waals surface area contributed by atoms with Gasteiger partial charge in [0.05, 0.1) is 28.1 Å². The zero-order valence-corrected chi connectivity index (χ0v) is 67.5. The lowest BCUT2D eigenvalue weighted by Crippen LogP contribution is -2.61. The van der Waals surface area contributed by atoms with Crippen LogP contribution < -0.4 is 26.2 Å². The second kappa shape index (κ2) is 31.0. The monoisotopic (exact) mass is 1580 g/mol. The highest BCUT2D eigenvalue weighted by Crippen LogP contribution is 2.51. The number of anilines is 6. The van der Waals surface area contributed by atoms with E-state index in [9.17, 15) is 0 Å². The van der Waals surface area contributed by atoms with E-state index in [1.54, 1.807) is 0 Å². The summed E-state index contributed by atoms with van der Waals surface area (Å²) in [6, 6.07) is 165. The fourth-order valence-corrected chi connectivity index (χ4v) is 18.5. The van der Waals surface area contributed by atoms with Gasteiger partial charge in [-0.15, -0.1) is 0 Å². The molecule has 0 saturated heterocycles. The van der Waals surface area contributed by atoms with E-state index in [-0.39, 0.29) is 6.71 Å². The van der Waals surface area contributed by atoms with Crippen molar-refractivity contribution in [3.05, 3.63) is 455 Å². The molecule has 0 fully saturated rings. The number of aromatic nitrogens is 6. The van der Waals surface area contributed by atoms with E-state index in [0.717, 1.165) is 184 Å². The van der Waals surface area contributed by atoms with Gasteiger partial charge in [-0.05, 0) is 197 Å². The Morgan fingerprint density at radius 3 is 0.911 bits per heavy atom. The molecule has 124 heavy (non-hydrogen) atoms. The van der Waals surface area contributed by atoms with Gasteiger partial charge in [-0.2, -0.15) is 0 Å². The van der Waals surface area contributed by atoms with Gasteiger partial charge in [0, 0.05) is 78.3 Å². The highest BCUT2D eigenvalue weighted by Gasteiger charge is 2.45. The van der Waals surface area contributed by atoms with Crippen LogP contribution in [0.4, 0.5) is 34.1 Å². The van der Waals surface area contributed by atoms with Crippen LogP contribution in [0.5, 0.6) is 0 Å². The fourth-order valence-electron chi connectivity index (χ4n) is 18.5. The summed E-state index contributed by atoms with van der Waals surface area (Å²) in [6.45, 7) is -0.230. The van der Waals surface area contributed by atoms with Crippen molar-refractivity contribution in [2.75, 3.05) is 9.80 Å². The maximum Gasteiger partial charge on any atom is 0.252 e. The molecule has 0 unspecified atom stereocenters. The zero-order chi connectivity index (χ0) is 82.0. The van der Waals surface area contributed by atoms with E-state index < -0.39 is 0 Å². The molecular formula is C115H75BN8. The summed E-state index contributed by atoms with van der Waals surface area (Å²) in [5, 5.41) is 2.15. The minimum Gasteiger partial charge on any atom is -0.311 e. The molecule has 8 nitrogen and oxygen atoms in total. The minimum atomic E-state index is -0.230. The number of fused-ring (bicyclic) bond motifs is 7. The number of hydrogen-bond acceptors (Lipinski definition) is 7. The van der Waals surface area contributed by atoms with Crippen LogP contribution in [0.3, 0.4) is 0 Å². The van der Waals surface area contributed by atoms with E-state index in [1.807, 2.05) is 48.5 Å². The Morgan fingerprint density at radius 1 is 0.177 bits per heavy atom. The Bertz CT molecular complexity index is 7160. The van der Waals surface area contributed by atoms with E-state index in [2.05, 4.69) is 421 Å². The first-order valence-corrected chi connectivity index (χ1v) is 42.2. The van der Waals surface area contributed by atoms with Gasteiger partial charge in [0.1, 0.15) is 0 Å². The van der Waals surface area contributed by atoms with Crippen LogP contribution in [-0.2, 0) is 0 Å². The van der Waals surface area contributed by atoms with Crippen LogP contribution in [0.1, 0.15) is 0 Å². The van der Waals surface area contributed by atoms with Crippen molar-refractivity contribution in [2.45, 2.75) is 0 Å². The molecule has 9 heteroatoms. The van der Waals surface area contributed by atoms with E-state index in [0.29, 0.717) is 23.3 Å². The first-order chi connectivity index (χ1) is 61.4. The van der Waals surface area contributed by atoms with Gasteiger partial charge < -0.3 is 14.4 Å². The Labute approximate surface area is 720 Å². The van der Waals surface area contributed by atoms with Crippen molar-refractivity contribution < 1.29 is 0 Å². The van der Waals surface area contributed by atoms with Crippen molar-refractivity contribution in [3.63, 3.8) is 0 Å². The number of nitrogens with zero attached hydrogens (tertiary/aromatic N) is 8. The van der Waals surface area contributed by atoms with Crippen LogP contribution in [0.15, 0.2) is 455 Å². The van der Waals surface area contributed by atoms with Gasteiger partial charge in [0.25, 0.3) is 6.71 Å². The Kier molecular flexibility index (Phi) is 18.2. The highest BCUT2D eigenvalue weighted by molar-refractivity contribution is 7.00. The molecule has 21 aromatic rings. The molecule has 5 heterocycles. The number of hydrogen-bond donors (Lipinski definition) is 0. The molecule has 0 amide bonds. The summed E-state index contributed by atoms with van der Waals surface area (Å²) in [5.74, 6) is 2.16. The second-order valence-corrected chi connectivity index (χ2v) is 31.9. The van der Waals surface area contributed by atoms with Crippen molar-refractivity contribution in [1.29, 1.82) is 0 Å². The summed E-state index contributed by atoms with van der Waals surface area (Å²) >= 11 is 0. The normalized spacial score (nSPS) is 12.0. The molecule has 0 saturated carbocycles. The van der Waals surface area contributed by atoms with E-state index in [1.165, 1.54) is 16.4 Å². The van der Waals surface area contributed by atoms with Crippen molar-refractivity contribution in [3.8, 4) is 152 Å². The molecule has 0 aliphatic carbocycles. The van der Waals surface area contributed by atoms with Crippen LogP contribution in [-0.4, -0.2) is 36.2 Å². The first kappa shape index (κ1) is 72.7. The van der Waals surface area contributed by atoms with E-state index >= 15 is 0 Å². The Hall–Kier alpha value is -16.5. The lowest BCUT2D eigenvalue weighted by molar-refractivity contribution is 1.06. The number of benzene rings is 18. The van der Waals surface area contributed by atoms with E-state index in [4.69, 9.17) is 24.9 Å². The van der Waals surface area contributed by atoms with Crippen molar-refractivity contribution in [1.82, 2.24) is 29.5 Å². The van der Waals surface area contributed by atoms with Crippen molar-refractivity contribution in [2.24, 2.45) is 0 Å². The Morgan fingerprint density at radius 2 is 0.492 bits per heavy atom. The zero-order valence-electron chi connectivity index (χ0n) is 67.5. The lowest BCUT2D eigenvalue weighted by atomic mass is 9.33. The molecule has 0 spiro atoms. The summed E-state index contributed by atoms with van der Waals surface area (Å²) < 4.78 is 2.40. The SMILES string of the molecule is c1ccc(-c2cc(-c3ccccc3)cc(N3c4cc(-c5ccccc5)ccc4B4c5ccc(-c6ccccc6)cc5N(c5cc(-c6ccccc6)cc(-c6ccccc6)c5)c5cc(-c6ccc7c(c6)c6ccccc6n7-c6ccc(-c7nc(-c8ccccc8)cc(-c8ccccc8)n7)cc6-c6nc(-c7ccccc7)nc(-c7ccccc7)n6)cc3c54)c2)cc1. The number of para-hydroxylation sites is 1. The second-order valence-electron chi connectivity index (χ2n) is 31.9. The summed E-state index contributed by atoms with van der Waals surface area (Å²) in [4.78, 5) is 32.4. The standard InChI is InChI=1S/C115H75BN8/c1-11-33-76(34-12-1)87-55-59-100-107(71-87)122(95-65-90(78-37-15-3-16-38-78)63-91(66-95)79-39-17-4-18-40-79)109-73-94(74-110-111(109)116(100)101-60-56-88(77-35-13-2-14-36-77)72-108(101)123(110)96-67-92(80-41-19-5-20-42-80)64-93(68-96)81-43-21-6-22-44-81)86-57-61-105-98(69-86)97-53-31-32-54-104(97)124(105)106-62-58-89(114-117-102(82-45-23-7-24-46-82)75-103(118-114)83-47-25-8-26-48-83)70-99(106)115-120-112(84-49-27-9-28-50-84)119-113(121-115)85-51-29-10-30-52-85/h1-75H. The quantitative estimate of drug-likeness (QED) is 0.0892. The van der Waals surface area contributed by atoms with Gasteiger partial charge in [-0.3, -0.25) is 0 Å². The predicted octanol–water partition coefficient (Wildman–Crippen LogP) is 27.5. The largest absolute Gasteiger partial charge is 0.311 e. The maximum atomic E-state index is 5.53. The topological polar surface area (TPSA) is 75.9 Å². The van der Waals surface area contributed by atoms with Gasteiger partial charge in [-0.1, -0.05) is 352 Å². The predicted molar refractivity (Wildman–Crippen MR) is 514 cm³/mol. The van der Waals surface area contributed by atoms with Gasteiger partial charge >= 0.3 is 0 Å². The lowest BCUT2D eigenvalue weighted by Gasteiger charge is -2.45. The van der Waals surface area contributed by atoms with Gasteiger partial charge in [0.15, 0.2) is 23.3 Å². The van der Waals surface area contributed by atoms with Crippen LogP contribution in [0.25, 0.3) is 173 Å². The molecule has 18 aromatic carbocycles. The molecule has 2 aliphatic heterocycles. The average Bonchev–Trinajstić information content (AvgIpc) is 0.770. The van der Waals surface area contributed by atoms with Crippen LogP contribution in [0.2, 0.25) is 0 Å². The maximum absolute atomic E-state index is 5.53. The molecule has 0 N–H and O–H groups in total. The Balaban J connectivity index is 0.801. The van der Waals surface area contributed by atoms with Gasteiger partial charge in [-0.25, -0.2) is 24.9 Å². The smallest absolute Gasteiger partial charge is 0.252 e. The summed E-state index contributed by atoms with van der Waals surface area (Å²) in [7, 11) is 0. The minimum absolute atomic E-state index is 0.230. The fraction of sp³-hybridized carbons (Fsp3) is 0. The third kappa shape index (κ3) is 13.3. The number of rotatable bonds is 16. The summed E-state index contributed by atoms with van der Waals surface area (Å²) in [6.07, 6.45) is 0. The molecule has 0 bridgehead atoms. The molecular weight excluding hydrogens is 1500 g/mol.